The number of nitrogens with one attached hydrogen (secondary N) is 1. The Bertz CT molecular complexity index is 417. The molecule has 1 aliphatic heterocycles. The molecule has 1 rings (SSSR count). The van der Waals surface area contributed by atoms with Crippen molar-refractivity contribution in [2.45, 2.75) is 49.6 Å². The summed E-state index contributed by atoms with van der Waals surface area (Å²) in [6.45, 7) is 0.338. The van der Waals surface area contributed by atoms with Crippen LogP contribution in [-0.2, 0) is 19.1 Å². The predicted octanol–water partition coefficient (Wildman–Crippen LogP) is -3.22. The smallest absolute Gasteiger partial charge is 0.364 e. The van der Waals surface area contributed by atoms with Crippen molar-refractivity contribution in [2.75, 3.05) is 13.7 Å². The van der Waals surface area contributed by atoms with Crippen molar-refractivity contribution in [1.29, 1.82) is 0 Å². The van der Waals surface area contributed by atoms with Gasteiger partial charge >= 0.3 is 5.97 Å². The summed E-state index contributed by atoms with van der Waals surface area (Å²) >= 11 is 0. The Labute approximate surface area is 126 Å². The minimum Gasteiger partial charge on any atom is -0.477 e. The molecule has 0 bridgehead atoms. The van der Waals surface area contributed by atoms with Crippen molar-refractivity contribution in [3.8, 4) is 0 Å². The molecule has 0 saturated carbocycles. The molecule has 0 aromatic rings. The number of amides is 1. The van der Waals surface area contributed by atoms with Crippen molar-refractivity contribution in [3.05, 3.63) is 0 Å². The number of carboxylic acids is 1. The first kappa shape index (κ1) is 18.7. The molecule has 22 heavy (non-hydrogen) atoms. The third kappa shape index (κ3) is 3.72. The maximum absolute atomic E-state index is 11.3. The van der Waals surface area contributed by atoms with Crippen LogP contribution in [0.3, 0.4) is 0 Å². The summed E-state index contributed by atoms with van der Waals surface area (Å²) in [5.41, 5.74) is 0. The van der Waals surface area contributed by atoms with Crippen LogP contribution in [0.15, 0.2) is 0 Å². The fourth-order valence-corrected chi connectivity index (χ4v) is 2.34. The minimum absolute atomic E-state index is 0.498. The van der Waals surface area contributed by atoms with Gasteiger partial charge in [0.2, 0.25) is 5.91 Å². The SMILES string of the molecule is CO[C@@]1(C(=O)O)C[C@H](O)C(NC(C)=O)[C@H]([C@H](O)[C@H](O)CO)O1. The number of aliphatic carboxylic acids is 1. The summed E-state index contributed by atoms with van der Waals surface area (Å²) in [6.07, 6.45) is -6.84. The Morgan fingerprint density at radius 1 is 1.45 bits per heavy atom. The van der Waals surface area contributed by atoms with E-state index in [4.69, 9.17) is 14.6 Å². The van der Waals surface area contributed by atoms with Gasteiger partial charge in [0.05, 0.1) is 18.8 Å². The Kier molecular flexibility index (Phi) is 6.23. The molecule has 0 spiro atoms. The van der Waals surface area contributed by atoms with Crippen molar-refractivity contribution < 1.29 is 44.6 Å². The van der Waals surface area contributed by atoms with E-state index in [9.17, 15) is 30.0 Å². The number of methoxy groups -OCH3 is 1. The van der Waals surface area contributed by atoms with Crippen LogP contribution in [0.4, 0.5) is 0 Å². The van der Waals surface area contributed by atoms with Gasteiger partial charge in [-0.25, -0.2) is 4.79 Å². The molecule has 0 radical (unpaired) electrons. The maximum atomic E-state index is 11.3. The molecule has 1 saturated heterocycles. The van der Waals surface area contributed by atoms with Crippen LogP contribution in [0.5, 0.6) is 0 Å². The van der Waals surface area contributed by atoms with Crippen LogP contribution in [0, 0.1) is 0 Å². The second kappa shape index (κ2) is 7.31. The molecule has 0 aromatic carbocycles. The van der Waals surface area contributed by atoms with E-state index in [1.165, 1.54) is 0 Å². The van der Waals surface area contributed by atoms with Gasteiger partial charge in [-0.1, -0.05) is 0 Å². The number of aliphatic hydroxyl groups excluding tert-OH is 4. The summed E-state index contributed by atoms with van der Waals surface area (Å²) < 4.78 is 10.0. The van der Waals surface area contributed by atoms with Crippen molar-refractivity contribution in [2.24, 2.45) is 0 Å². The minimum atomic E-state index is -2.24. The fourth-order valence-electron chi connectivity index (χ4n) is 2.34. The molecule has 1 unspecified atom stereocenters. The van der Waals surface area contributed by atoms with Gasteiger partial charge in [-0.2, -0.15) is 0 Å². The van der Waals surface area contributed by atoms with E-state index in [2.05, 4.69) is 5.32 Å². The van der Waals surface area contributed by atoms with Crippen LogP contribution in [0.2, 0.25) is 0 Å². The lowest BCUT2D eigenvalue weighted by atomic mass is 9.88. The standard InChI is InChI=1S/C12H21NO9/c1-5(15)13-8-6(16)3-12(21-2,11(19)20)22-10(8)9(18)7(17)4-14/h6-10,14,16-18H,3-4H2,1-2H3,(H,13,15)(H,19,20)/t6-,7+,8?,9+,10+,12-/m0/s1. The number of carbonyl (C=O) groups is 2. The summed E-state index contributed by atoms with van der Waals surface area (Å²) in [4.78, 5) is 22.6. The molecule has 0 aromatic heterocycles. The number of aliphatic hydroxyl groups is 4. The molecule has 6 atom stereocenters. The third-order valence-corrected chi connectivity index (χ3v) is 3.52. The Hall–Kier alpha value is -1.30. The number of hydrogen-bond donors (Lipinski definition) is 6. The average Bonchev–Trinajstić information content (AvgIpc) is 2.46. The van der Waals surface area contributed by atoms with Gasteiger partial charge in [-0.3, -0.25) is 4.79 Å². The number of ether oxygens (including phenoxy) is 2. The molecule has 0 aliphatic carbocycles. The second-order valence-electron chi connectivity index (χ2n) is 5.08. The molecule has 1 aliphatic rings. The molecule has 1 heterocycles. The zero-order valence-corrected chi connectivity index (χ0v) is 12.2. The van der Waals surface area contributed by atoms with Crippen LogP contribution >= 0.6 is 0 Å². The van der Waals surface area contributed by atoms with Crippen molar-refractivity contribution >= 4 is 11.9 Å². The molecule has 10 nitrogen and oxygen atoms in total. The first-order valence-corrected chi connectivity index (χ1v) is 6.57. The summed E-state index contributed by atoms with van der Waals surface area (Å²) in [6, 6.07) is -1.18. The molecule has 128 valence electrons. The highest BCUT2D eigenvalue weighted by Gasteiger charge is 2.55. The second-order valence-corrected chi connectivity index (χ2v) is 5.08. The van der Waals surface area contributed by atoms with Gasteiger partial charge < -0.3 is 40.3 Å². The number of carbonyl (C=O) groups excluding carboxylic acids is 1. The van der Waals surface area contributed by atoms with Crippen molar-refractivity contribution in [1.82, 2.24) is 5.32 Å². The normalized spacial score (nSPS) is 34.7. The van der Waals surface area contributed by atoms with Crippen LogP contribution in [-0.4, -0.2) is 87.4 Å². The fraction of sp³-hybridized carbons (Fsp3) is 0.833. The lowest BCUT2D eigenvalue weighted by Gasteiger charge is -2.46. The van der Waals surface area contributed by atoms with E-state index in [0.29, 0.717) is 0 Å². The third-order valence-electron chi connectivity index (χ3n) is 3.52. The topological polar surface area (TPSA) is 166 Å². The largest absolute Gasteiger partial charge is 0.477 e. The summed E-state index contributed by atoms with van der Waals surface area (Å²) in [7, 11) is 1.05. The van der Waals surface area contributed by atoms with Crippen LogP contribution in [0.25, 0.3) is 0 Å². The van der Waals surface area contributed by atoms with Gasteiger partial charge in [0.15, 0.2) is 0 Å². The zero-order chi connectivity index (χ0) is 17.1. The highest BCUT2D eigenvalue weighted by atomic mass is 16.7. The molecular formula is C12H21NO9. The van der Waals surface area contributed by atoms with E-state index in [0.717, 1.165) is 14.0 Å². The van der Waals surface area contributed by atoms with Gasteiger partial charge in [0, 0.05) is 20.5 Å². The van der Waals surface area contributed by atoms with E-state index in [1.54, 1.807) is 0 Å². The summed E-state index contributed by atoms with van der Waals surface area (Å²) in [5.74, 6) is -4.33. The van der Waals surface area contributed by atoms with E-state index in [1.807, 2.05) is 0 Å². The Balaban J connectivity index is 3.14. The number of hydrogen-bond acceptors (Lipinski definition) is 8. The molecule has 6 N–H and O–H groups in total. The van der Waals surface area contributed by atoms with Crippen LogP contribution < -0.4 is 5.32 Å². The molecule has 1 fully saturated rings. The number of carboxylic acid groups (broad SMARTS) is 1. The molecule has 1 amide bonds. The first-order chi connectivity index (χ1) is 10.2. The highest BCUT2D eigenvalue weighted by Crippen LogP contribution is 2.32. The van der Waals surface area contributed by atoms with Gasteiger partial charge in [-0.05, 0) is 0 Å². The van der Waals surface area contributed by atoms with Gasteiger partial charge in [-0.15, -0.1) is 0 Å². The Morgan fingerprint density at radius 2 is 2.05 bits per heavy atom. The highest BCUT2D eigenvalue weighted by molar-refractivity contribution is 5.76. The van der Waals surface area contributed by atoms with Crippen LogP contribution in [0.1, 0.15) is 13.3 Å². The molecular weight excluding hydrogens is 302 g/mol. The van der Waals surface area contributed by atoms with E-state index in [-0.39, 0.29) is 0 Å². The van der Waals surface area contributed by atoms with E-state index >= 15 is 0 Å². The number of rotatable bonds is 6. The van der Waals surface area contributed by atoms with Gasteiger partial charge in [0.1, 0.15) is 18.3 Å². The maximum Gasteiger partial charge on any atom is 0.364 e. The first-order valence-electron chi connectivity index (χ1n) is 6.57. The zero-order valence-electron chi connectivity index (χ0n) is 12.2. The van der Waals surface area contributed by atoms with Gasteiger partial charge in [0.25, 0.3) is 5.79 Å². The summed E-state index contributed by atoms with van der Waals surface area (Å²) in [5, 5.41) is 50.1. The quantitative estimate of drug-likeness (QED) is 0.295. The lowest BCUT2D eigenvalue weighted by Crippen LogP contribution is -2.67. The Morgan fingerprint density at radius 3 is 2.45 bits per heavy atom. The van der Waals surface area contributed by atoms with Crippen molar-refractivity contribution in [3.63, 3.8) is 0 Å². The average molecular weight is 323 g/mol. The predicted molar refractivity (Wildman–Crippen MR) is 69.6 cm³/mol. The van der Waals surface area contributed by atoms with E-state index < -0.39 is 61.1 Å². The molecule has 10 heteroatoms. The monoisotopic (exact) mass is 323 g/mol. The lowest BCUT2D eigenvalue weighted by molar-refractivity contribution is -0.303.